The van der Waals surface area contributed by atoms with E-state index >= 15 is 0 Å². The first-order valence-corrected chi connectivity index (χ1v) is 8.34. The molecule has 8 nitrogen and oxygen atoms in total. The summed E-state index contributed by atoms with van der Waals surface area (Å²) in [6, 6.07) is 5.48. The molecule has 2 N–H and O–H groups in total. The molecular weight excluding hydrogens is 310 g/mol. The van der Waals surface area contributed by atoms with Gasteiger partial charge >= 0.3 is 10.4 Å². The van der Waals surface area contributed by atoms with E-state index in [1.807, 2.05) is 0 Å². The molecule has 1 aromatic carbocycles. The number of carbonyl (C=O) groups is 1. The van der Waals surface area contributed by atoms with Crippen molar-refractivity contribution >= 4 is 31.8 Å². The highest BCUT2D eigenvalue weighted by Crippen LogP contribution is 2.17. The zero-order valence-electron chi connectivity index (χ0n) is 10.4. The summed E-state index contributed by atoms with van der Waals surface area (Å²) in [5, 5.41) is 2.43. The molecule has 112 valence electrons. The van der Waals surface area contributed by atoms with Gasteiger partial charge in [0, 0.05) is 12.6 Å². The second kappa shape index (κ2) is 6.31. The van der Waals surface area contributed by atoms with Crippen molar-refractivity contribution in [2.45, 2.75) is 11.8 Å². The van der Waals surface area contributed by atoms with Gasteiger partial charge in [-0.3, -0.25) is 9.35 Å². The van der Waals surface area contributed by atoms with Crippen LogP contribution in [-0.2, 0) is 29.2 Å². The summed E-state index contributed by atoms with van der Waals surface area (Å²) in [7, 11) is -8.47. The van der Waals surface area contributed by atoms with Gasteiger partial charge in [-0.05, 0) is 18.2 Å². The second-order valence-corrected chi connectivity index (χ2v) is 6.98. The molecule has 0 fully saturated rings. The van der Waals surface area contributed by atoms with Gasteiger partial charge in [0.05, 0.1) is 17.3 Å². The van der Waals surface area contributed by atoms with Crippen LogP contribution in [0.5, 0.6) is 0 Å². The molecule has 0 atom stereocenters. The van der Waals surface area contributed by atoms with Gasteiger partial charge in [-0.1, -0.05) is 6.07 Å². The fourth-order valence-corrected chi connectivity index (χ4v) is 2.87. The first-order chi connectivity index (χ1) is 9.10. The number of carbonyl (C=O) groups excluding carboxylic acids is 1. The molecule has 0 aromatic heterocycles. The van der Waals surface area contributed by atoms with Crippen LogP contribution in [-0.4, -0.2) is 39.7 Å². The maximum Gasteiger partial charge on any atom is 0.397 e. The molecule has 0 radical (unpaired) electrons. The van der Waals surface area contributed by atoms with Crippen LogP contribution < -0.4 is 5.32 Å². The van der Waals surface area contributed by atoms with Gasteiger partial charge in [-0.2, -0.15) is 8.42 Å². The zero-order valence-corrected chi connectivity index (χ0v) is 12.1. The number of anilines is 1. The van der Waals surface area contributed by atoms with Gasteiger partial charge < -0.3 is 5.32 Å². The Balaban J connectivity index is 2.84. The van der Waals surface area contributed by atoms with Crippen LogP contribution in [0.1, 0.15) is 6.92 Å². The van der Waals surface area contributed by atoms with Crippen LogP contribution in [0, 0.1) is 0 Å². The lowest BCUT2D eigenvalue weighted by Crippen LogP contribution is -2.16. The lowest BCUT2D eigenvalue weighted by molar-refractivity contribution is -0.114. The van der Waals surface area contributed by atoms with Crippen LogP contribution in [0.2, 0.25) is 0 Å². The van der Waals surface area contributed by atoms with Crippen molar-refractivity contribution in [1.82, 2.24) is 0 Å². The first kappa shape index (κ1) is 16.6. The molecule has 0 saturated heterocycles. The van der Waals surface area contributed by atoms with E-state index < -0.39 is 32.6 Å². The van der Waals surface area contributed by atoms with Crippen molar-refractivity contribution in [1.29, 1.82) is 0 Å². The largest absolute Gasteiger partial charge is 0.397 e. The summed E-state index contributed by atoms with van der Waals surface area (Å²) in [5.41, 5.74) is 0.300. The Morgan fingerprint density at radius 3 is 2.50 bits per heavy atom. The van der Waals surface area contributed by atoms with E-state index in [1.54, 1.807) is 0 Å². The number of hydrogen-bond donors (Lipinski definition) is 2. The monoisotopic (exact) mass is 323 g/mol. The van der Waals surface area contributed by atoms with Gasteiger partial charge in [-0.25, -0.2) is 12.6 Å². The molecule has 1 aromatic rings. The molecule has 10 heteroatoms. The quantitative estimate of drug-likeness (QED) is 0.718. The molecule has 0 unspecified atom stereocenters. The Kier molecular flexibility index (Phi) is 5.22. The van der Waals surface area contributed by atoms with Crippen LogP contribution in [0.15, 0.2) is 29.2 Å². The predicted octanol–water partition coefficient (Wildman–Crippen LogP) is 0.238. The average Bonchev–Trinajstić information content (AvgIpc) is 2.26. The number of amides is 1. The van der Waals surface area contributed by atoms with E-state index in [0.717, 1.165) is 0 Å². The maximum atomic E-state index is 11.9. The molecule has 0 saturated carbocycles. The van der Waals surface area contributed by atoms with Gasteiger partial charge in [0.1, 0.15) is 0 Å². The Morgan fingerprint density at radius 2 is 1.95 bits per heavy atom. The normalized spacial score (nSPS) is 12.1. The molecule has 1 amide bonds. The zero-order chi connectivity index (χ0) is 15.4. The van der Waals surface area contributed by atoms with Crippen LogP contribution in [0.4, 0.5) is 5.69 Å². The summed E-state index contributed by atoms with van der Waals surface area (Å²) < 4.78 is 56.7. The Labute approximate surface area is 116 Å². The number of nitrogens with one attached hydrogen (secondary N) is 1. The van der Waals surface area contributed by atoms with Crippen molar-refractivity contribution in [3.05, 3.63) is 24.3 Å². The third kappa shape index (κ3) is 5.65. The topological polar surface area (TPSA) is 127 Å². The summed E-state index contributed by atoms with van der Waals surface area (Å²) in [5.74, 6) is -0.981. The Bertz CT molecular complexity index is 694. The minimum Gasteiger partial charge on any atom is -0.326 e. The van der Waals surface area contributed by atoms with E-state index in [9.17, 15) is 21.6 Å². The molecule has 20 heavy (non-hydrogen) atoms. The molecule has 0 aliphatic carbocycles. The van der Waals surface area contributed by atoms with E-state index in [0.29, 0.717) is 5.69 Å². The fraction of sp³-hybridized carbons (Fsp3) is 0.300. The summed E-state index contributed by atoms with van der Waals surface area (Å²) in [6.07, 6.45) is 0. The minimum atomic E-state index is -4.67. The van der Waals surface area contributed by atoms with E-state index in [2.05, 4.69) is 9.50 Å². The van der Waals surface area contributed by atoms with Crippen LogP contribution in [0.3, 0.4) is 0 Å². The fourth-order valence-electron chi connectivity index (χ4n) is 1.34. The molecule has 1 rings (SSSR count). The van der Waals surface area contributed by atoms with E-state index in [1.165, 1.54) is 31.2 Å². The minimum absolute atomic E-state index is 0.0947. The van der Waals surface area contributed by atoms with Crippen LogP contribution in [0.25, 0.3) is 0 Å². The lowest BCUT2D eigenvalue weighted by atomic mass is 10.3. The third-order valence-corrected chi connectivity index (χ3v) is 4.24. The predicted molar refractivity (Wildman–Crippen MR) is 70.3 cm³/mol. The second-order valence-electron chi connectivity index (χ2n) is 3.78. The summed E-state index contributed by atoms with van der Waals surface area (Å²) in [6.45, 7) is 0.576. The maximum absolute atomic E-state index is 11.9. The summed E-state index contributed by atoms with van der Waals surface area (Å²) in [4.78, 5) is 10.8. The highest BCUT2D eigenvalue weighted by atomic mass is 32.3. The summed E-state index contributed by atoms with van der Waals surface area (Å²) >= 11 is 0. The van der Waals surface area contributed by atoms with E-state index in [4.69, 9.17) is 4.55 Å². The molecule has 0 bridgehead atoms. The Hall–Kier alpha value is -1.49. The van der Waals surface area contributed by atoms with Gasteiger partial charge in [-0.15, -0.1) is 0 Å². The third-order valence-electron chi connectivity index (χ3n) is 2.10. The molecule has 0 aliphatic rings. The smallest absolute Gasteiger partial charge is 0.326 e. The molecule has 0 heterocycles. The lowest BCUT2D eigenvalue weighted by Gasteiger charge is -2.07. The number of benzene rings is 1. The van der Waals surface area contributed by atoms with Crippen molar-refractivity contribution in [3.8, 4) is 0 Å². The molecule has 0 aliphatic heterocycles. The van der Waals surface area contributed by atoms with Crippen molar-refractivity contribution in [3.63, 3.8) is 0 Å². The molecule has 0 spiro atoms. The number of hydrogen-bond acceptors (Lipinski definition) is 6. The number of sulfone groups is 1. The van der Waals surface area contributed by atoms with Gasteiger partial charge in [0.15, 0.2) is 9.84 Å². The van der Waals surface area contributed by atoms with Gasteiger partial charge in [0.2, 0.25) is 5.91 Å². The van der Waals surface area contributed by atoms with Crippen molar-refractivity contribution < 1.29 is 30.4 Å². The highest BCUT2D eigenvalue weighted by Gasteiger charge is 2.17. The SMILES string of the molecule is CC(=O)Nc1cccc(S(=O)(=O)CCOS(=O)(=O)O)c1. The van der Waals surface area contributed by atoms with Crippen LogP contribution >= 0.6 is 0 Å². The molecular formula is C10H13NO7S2. The van der Waals surface area contributed by atoms with Crippen molar-refractivity contribution in [2.24, 2.45) is 0 Å². The first-order valence-electron chi connectivity index (χ1n) is 5.32. The Morgan fingerprint density at radius 1 is 1.30 bits per heavy atom. The van der Waals surface area contributed by atoms with Gasteiger partial charge in [0.25, 0.3) is 0 Å². The number of rotatable bonds is 6. The van der Waals surface area contributed by atoms with E-state index in [-0.39, 0.29) is 10.8 Å². The van der Waals surface area contributed by atoms with Crippen molar-refractivity contribution in [2.75, 3.05) is 17.7 Å². The standard InChI is InChI=1S/C10H13NO7S2/c1-8(12)11-9-3-2-4-10(7-9)19(13,14)6-5-18-20(15,16)17/h2-4,7H,5-6H2,1H3,(H,11,12)(H,15,16,17). The average molecular weight is 323 g/mol. The highest BCUT2D eigenvalue weighted by molar-refractivity contribution is 7.91.